The maximum atomic E-state index is 8.33. The number of hydrogen-bond acceptors (Lipinski definition) is 5. The predicted octanol–water partition coefficient (Wildman–Crippen LogP) is 0.0200. The smallest absolute Gasteiger partial charge is 0.652 e. The number of aromatic nitrogens is 1. The van der Waals surface area contributed by atoms with Crippen LogP contribution in [0.3, 0.4) is 0 Å². The molecule has 0 saturated heterocycles. The predicted molar refractivity (Wildman–Crippen MR) is 53.4 cm³/mol. The summed E-state index contributed by atoms with van der Waals surface area (Å²) >= 11 is 3.42. The van der Waals surface area contributed by atoms with Gasteiger partial charge in [0.1, 0.15) is 0 Å². The van der Waals surface area contributed by atoms with Crippen LogP contribution >= 0.6 is 15.9 Å². The summed E-state index contributed by atoms with van der Waals surface area (Å²) < 4.78 is 6.05. The van der Waals surface area contributed by atoms with E-state index in [1.165, 1.54) is 0 Å². The molecule has 1 aromatic rings. The minimum Gasteiger partial charge on any atom is -0.652 e. The van der Waals surface area contributed by atoms with Gasteiger partial charge in [-0.2, -0.15) is 0 Å². The van der Waals surface area contributed by atoms with Gasteiger partial charge in [-0.3, -0.25) is 0 Å². The topological polar surface area (TPSA) is 85.3 Å². The maximum Gasteiger partial charge on any atom is 2.00 e. The fourth-order valence-electron chi connectivity index (χ4n) is 0.885. The van der Waals surface area contributed by atoms with Crippen molar-refractivity contribution in [2.45, 2.75) is 13.8 Å². The average Bonchev–Trinajstić information content (AvgIpc) is 2.12. The van der Waals surface area contributed by atoms with E-state index < -0.39 is 6.16 Å². The van der Waals surface area contributed by atoms with Crippen LogP contribution in [0.1, 0.15) is 11.3 Å². The first-order valence-electron chi connectivity index (χ1n) is 3.94. The van der Waals surface area contributed by atoms with E-state index in [0.717, 1.165) is 15.7 Å². The van der Waals surface area contributed by atoms with Crippen LogP contribution in [0.2, 0.25) is 0 Å². The molecule has 0 atom stereocenters. The van der Waals surface area contributed by atoms with E-state index in [-0.39, 0.29) is 22.4 Å². The maximum absolute atomic E-state index is 8.33. The largest absolute Gasteiger partial charge is 2.00 e. The number of pyridine rings is 1. The molecule has 0 saturated carbocycles. The SMILES string of the molecule is COc1cc(C)c(Br)c(C)n1.O=C([O-])[O-].[Ag+2]. The van der Waals surface area contributed by atoms with Crippen LogP contribution in [0.5, 0.6) is 5.88 Å². The van der Waals surface area contributed by atoms with E-state index in [1.807, 2.05) is 19.9 Å². The summed E-state index contributed by atoms with van der Waals surface area (Å²) in [7, 11) is 1.62. The first-order valence-corrected chi connectivity index (χ1v) is 4.73. The monoisotopic (exact) mass is 382 g/mol. The third-order valence-corrected chi connectivity index (χ3v) is 2.69. The molecule has 93 valence electrons. The van der Waals surface area contributed by atoms with Gasteiger partial charge in [-0.1, -0.05) is 0 Å². The standard InChI is InChI=1S/C8H10BrNO.CH2O3.Ag/c1-5-4-7(11-3)10-6(2)8(5)9;2-1(3)4;/h4H,1-3H3;(H2,2,3,4);/q;;+2/p-2. The molecule has 1 radical (unpaired) electrons. The van der Waals surface area contributed by atoms with E-state index in [1.54, 1.807) is 7.11 Å². The average molecular weight is 384 g/mol. The van der Waals surface area contributed by atoms with Gasteiger partial charge in [-0.15, -0.1) is 0 Å². The van der Waals surface area contributed by atoms with Crippen molar-refractivity contribution in [3.8, 4) is 5.88 Å². The summed E-state index contributed by atoms with van der Waals surface area (Å²) in [6, 6.07) is 1.90. The first kappa shape index (κ1) is 17.8. The van der Waals surface area contributed by atoms with Crippen LogP contribution in [0, 0.1) is 13.8 Å². The van der Waals surface area contributed by atoms with Crippen molar-refractivity contribution < 1.29 is 42.1 Å². The van der Waals surface area contributed by atoms with Crippen molar-refractivity contribution in [1.29, 1.82) is 0 Å². The van der Waals surface area contributed by atoms with Crippen molar-refractivity contribution in [3.05, 3.63) is 21.8 Å². The Labute approximate surface area is 117 Å². The molecular weight excluding hydrogens is 374 g/mol. The summed E-state index contributed by atoms with van der Waals surface area (Å²) in [6.45, 7) is 3.96. The number of carbonyl (C=O) groups is 1. The van der Waals surface area contributed by atoms with Crippen molar-refractivity contribution in [2.75, 3.05) is 7.11 Å². The Balaban J connectivity index is 0. The van der Waals surface area contributed by atoms with Crippen molar-refractivity contribution >= 4 is 22.1 Å². The van der Waals surface area contributed by atoms with Gasteiger partial charge in [0.05, 0.1) is 12.8 Å². The molecule has 0 amide bonds. The Kier molecular flexibility index (Phi) is 9.55. The quantitative estimate of drug-likeness (QED) is 0.638. The number of hydrogen-bond donors (Lipinski definition) is 0. The molecule has 0 N–H and O–H groups in total. The number of rotatable bonds is 1. The second-order valence-corrected chi connectivity index (χ2v) is 3.42. The van der Waals surface area contributed by atoms with Gasteiger partial charge in [0, 0.05) is 10.5 Å². The first-order chi connectivity index (χ1) is 6.88. The molecule has 1 aromatic heterocycles. The molecule has 0 fully saturated rings. The second kappa shape index (κ2) is 8.58. The third-order valence-electron chi connectivity index (χ3n) is 1.49. The van der Waals surface area contributed by atoms with Gasteiger partial charge in [0.15, 0.2) is 0 Å². The van der Waals surface area contributed by atoms with Gasteiger partial charge in [0.2, 0.25) is 5.88 Å². The molecule has 16 heavy (non-hydrogen) atoms. The summed E-state index contributed by atoms with van der Waals surface area (Å²) in [5.74, 6) is 0.670. The Bertz CT molecular complexity index is 332. The van der Waals surface area contributed by atoms with Crippen LogP contribution in [0.4, 0.5) is 4.79 Å². The molecule has 0 unspecified atom stereocenters. The minimum atomic E-state index is -2.33. The Hall–Kier alpha value is -0.560. The number of methoxy groups -OCH3 is 1. The van der Waals surface area contributed by atoms with Crippen LogP contribution in [0.25, 0.3) is 0 Å². The van der Waals surface area contributed by atoms with Gasteiger partial charge >= 0.3 is 22.4 Å². The number of carboxylic acid groups (broad SMARTS) is 2. The van der Waals surface area contributed by atoms with Crippen LogP contribution in [0.15, 0.2) is 10.5 Å². The van der Waals surface area contributed by atoms with Gasteiger partial charge in [-0.05, 0) is 41.5 Å². The second-order valence-electron chi connectivity index (χ2n) is 2.63. The van der Waals surface area contributed by atoms with E-state index >= 15 is 0 Å². The van der Waals surface area contributed by atoms with E-state index in [4.69, 9.17) is 19.7 Å². The van der Waals surface area contributed by atoms with Crippen LogP contribution < -0.4 is 14.9 Å². The van der Waals surface area contributed by atoms with Crippen LogP contribution in [-0.2, 0) is 22.4 Å². The van der Waals surface area contributed by atoms with Crippen molar-refractivity contribution in [1.82, 2.24) is 4.98 Å². The van der Waals surface area contributed by atoms with E-state index in [2.05, 4.69) is 20.9 Å². The molecule has 0 spiro atoms. The van der Waals surface area contributed by atoms with Crippen molar-refractivity contribution in [3.63, 3.8) is 0 Å². The number of aryl methyl sites for hydroxylation is 2. The van der Waals surface area contributed by atoms with Crippen molar-refractivity contribution in [2.24, 2.45) is 0 Å². The van der Waals surface area contributed by atoms with Gasteiger partial charge in [-0.25, -0.2) is 4.98 Å². The summed E-state index contributed by atoms with van der Waals surface area (Å²) in [5, 5.41) is 16.7. The fraction of sp³-hybridized carbons (Fsp3) is 0.333. The molecule has 0 aliphatic rings. The molecule has 7 heteroatoms. The van der Waals surface area contributed by atoms with E-state index in [9.17, 15) is 0 Å². The minimum absolute atomic E-state index is 0. The van der Waals surface area contributed by atoms with E-state index in [0.29, 0.717) is 5.88 Å². The summed E-state index contributed by atoms with van der Waals surface area (Å²) in [6.07, 6.45) is -2.33. The number of ether oxygens (including phenoxy) is 1. The van der Waals surface area contributed by atoms with Gasteiger partial charge < -0.3 is 19.7 Å². The Morgan fingerprint density at radius 1 is 1.44 bits per heavy atom. The molecule has 0 bridgehead atoms. The molecule has 1 rings (SSSR count). The molecule has 0 aliphatic carbocycles. The number of halogens is 1. The summed E-state index contributed by atoms with van der Waals surface area (Å²) in [4.78, 5) is 12.5. The molecule has 5 nitrogen and oxygen atoms in total. The number of nitrogens with zero attached hydrogens (tertiary/aromatic N) is 1. The third kappa shape index (κ3) is 6.84. The number of carbonyl (C=O) groups excluding carboxylic acids is 1. The zero-order chi connectivity index (χ0) is 12.0. The zero-order valence-corrected chi connectivity index (χ0v) is 11.9. The molecule has 0 aliphatic heterocycles. The summed E-state index contributed by atoms with van der Waals surface area (Å²) in [5.41, 5.74) is 2.11. The fourth-order valence-corrected chi connectivity index (χ4v) is 1.09. The molecule has 0 aromatic carbocycles. The Morgan fingerprint density at radius 3 is 2.19 bits per heavy atom. The normalized spacial score (nSPS) is 8.25. The van der Waals surface area contributed by atoms with Gasteiger partial charge in [0.25, 0.3) is 0 Å². The molecular formula is C9H10AgBrNO4. The molecule has 1 heterocycles. The Morgan fingerprint density at radius 2 is 1.88 bits per heavy atom. The van der Waals surface area contributed by atoms with Crippen LogP contribution in [-0.4, -0.2) is 18.2 Å². The zero-order valence-electron chi connectivity index (χ0n) is 8.84.